The van der Waals surface area contributed by atoms with Crippen LogP contribution in [0, 0.1) is 0 Å². The van der Waals surface area contributed by atoms with E-state index in [2.05, 4.69) is 5.32 Å². The predicted molar refractivity (Wildman–Crippen MR) is 91.6 cm³/mol. The van der Waals surface area contributed by atoms with Crippen molar-refractivity contribution in [2.24, 2.45) is 0 Å². The van der Waals surface area contributed by atoms with Crippen LogP contribution in [0.3, 0.4) is 0 Å². The van der Waals surface area contributed by atoms with Crippen molar-refractivity contribution in [3.05, 3.63) is 56.5 Å². The smallest absolute Gasteiger partial charge is 0.162 e. The van der Waals surface area contributed by atoms with Crippen LogP contribution >= 0.6 is 34.8 Å². The lowest BCUT2D eigenvalue weighted by molar-refractivity contribution is 0.354. The molecule has 22 heavy (non-hydrogen) atoms. The Morgan fingerprint density at radius 2 is 1.45 bits per heavy atom. The standard InChI is InChI=1S/C16H16Cl3NO2/c1-21-15-6-10(14(19)7-16(15)22-2)8-20-9-11-12(17)4-3-5-13(11)18/h3-7,20H,8-9H2,1-2H3. The maximum absolute atomic E-state index is 6.25. The van der Waals surface area contributed by atoms with Crippen molar-refractivity contribution in [3.63, 3.8) is 0 Å². The Morgan fingerprint density at radius 3 is 2.05 bits per heavy atom. The molecule has 0 aliphatic rings. The van der Waals surface area contributed by atoms with E-state index in [0.717, 1.165) is 11.1 Å². The third-order valence-electron chi connectivity index (χ3n) is 3.23. The highest BCUT2D eigenvalue weighted by Gasteiger charge is 2.10. The molecule has 0 fully saturated rings. The summed E-state index contributed by atoms with van der Waals surface area (Å²) in [6, 6.07) is 9.03. The Labute approximate surface area is 145 Å². The summed E-state index contributed by atoms with van der Waals surface area (Å²) in [4.78, 5) is 0. The number of hydrogen-bond acceptors (Lipinski definition) is 3. The molecule has 0 saturated heterocycles. The lowest BCUT2D eigenvalue weighted by Gasteiger charge is -2.13. The van der Waals surface area contributed by atoms with Gasteiger partial charge in [0.1, 0.15) is 0 Å². The third kappa shape index (κ3) is 3.99. The molecule has 0 heterocycles. The molecule has 0 radical (unpaired) electrons. The fourth-order valence-electron chi connectivity index (χ4n) is 2.06. The van der Waals surface area contributed by atoms with Crippen molar-refractivity contribution in [2.45, 2.75) is 13.1 Å². The van der Waals surface area contributed by atoms with E-state index in [9.17, 15) is 0 Å². The normalized spacial score (nSPS) is 10.6. The quantitative estimate of drug-likeness (QED) is 0.790. The van der Waals surface area contributed by atoms with Crippen LogP contribution in [0.15, 0.2) is 30.3 Å². The third-order valence-corrected chi connectivity index (χ3v) is 4.29. The monoisotopic (exact) mass is 359 g/mol. The van der Waals surface area contributed by atoms with Crippen molar-refractivity contribution >= 4 is 34.8 Å². The summed E-state index contributed by atoms with van der Waals surface area (Å²) in [5, 5.41) is 5.16. The Balaban J connectivity index is 2.09. The summed E-state index contributed by atoms with van der Waals surface area (Å²) >= 11 is 18.5. The van der Waals surface area contributed by atoms with Gasteiger partial charge in [-0.2, -0.15) is 0 Å². The van der Waals surface area contributed by atoms with Gasteiger partial charge in [-0.05, 0) is 23.8 Å². The highest BCUT2D eigenvalue weighted by atomic mass is 35.5. The van der Waals surface area contributed by atoms with Crippen molar-refractivity contribution in [1.29, 1.82) is 0 Å². The van der Waals surface area contributed by atoms with Crippen LogP contribution in [0.4, 0.5) is 0 Å². The highest BCUT2D eigenvalue weighted by Crippen LogP contribution is 2.33. The van der Waals surface area contributed by atoms with Crippen LogP contribution in [0.5, 0.6) is 11.5 Å². The Morgan fingerprint density at radius 1 is 0.864 bits per heavy atom. The summed E-state index contributed by atoms with van der Waals surface area (Å²) in [6.45, 7) is 1.10. The van der Waals surface area contributed by atoms with Gasteiger partial charge in [0.2, 0.25) is 0 Å². The van der Waals surface area contributed by atoms with Gasteiger partial charge in [-0.15, -0.1) is 0 Å². The number of halogens is 3. The van der Waals surface area contributed by atoms with E-state index >= 15 is 0 Å². The molecule has 0 aliphatic heterocycles. The molecule has 0 atom stereocenters. The lowest BCUT2D eigenvalue weighted by atomic mass is 10.1. The first-order valence-electron chi connectivity index (χ1n) is 6.60. The van der Waals surface area contributed by atoms with Gasteiger partial charge in [0.15, 0.2) is 11.5 Å². The van der Waals surface area contributed by atoms with E-state index < -0.39 is 0 Å². The number of rotatable bonds is 6. The first-order valence-corrected chi connectivity index (χ1v) is 7.74. The minimum atomic E-state index is 0.545. The zero-order valence-corrected chi connectivity index (χ0v) is 14.5. The van der Waals surface area contributed by atoms with E-state index in [-0.39, 0.29) is 0 Å². The first kappa shape index (κ1) is 17.2. The molecule has 0 spiro atoms. The van der Waals surface area contributed by atoms with Crippen LogP contribution in [0.1, 0.15) is 11.1 Å². The van der Waals surface area contributed by atoms with E-state index in [1.165, 1.54) is 0 Å². The summed E-state index contributed by atoms with van der Waals surface area (Å²) in [7, 11) is 3.16. The molecule has 6 heteroatoms. The molecule has 0 bridgehead atoms. The zero-order valence-electron chi connectivity index (χ0n) is 12.3. The number of benzene rings is 2. The van der Waals surface area contributed by atoms with Gasteiger partial charge < -0.3 is 14.8 Å². The molecule has 0 unspecified atom stereocenters. The van der Waals surface area contributed by atoms with E-state index in [4.69, 9.17) is 44.3 Å². The second-order valence-corrected chi connectivity index (χ2v) is 5.82. The molecule has 0 aromatic heterocycles. The maximum atomic E-state index is 6.25. The van der Waals surface area contributed by atoms with E-state index in [1.54, 1.807) is 20.3 Å². The number of ether oxygens (including phenoxy) is 2. The molecular formula is C16H16Cl3NO2. The van der Waals surface area contributed by atoms with E-state index in [0.29, 0.717) is 39.7 Å². The Hall–Kier alpha value is -1.13. The van der Waals surface area contributed by atoms with Crippen molar-refractivity contribution in [3.8, 4) is 11.5 Å². The number of hydrogen-bond donors (Lipinski definition) is 1. The van der Waals surface area contributed by atoms with Crippen LogP contribution in [-0.2, 0) is 13.1 Å². The Bertz CT molecular complexity index is 642. The van der Waals surface area contributed by atoms with Crippen molar-refractivity contribution in [2.75, 3.05) is 14.2 Å². The lowest BCUT2D eigenvalue weighted by Crippen LogP contribution is -2.14. The molecule has 1 N–H and O–H groups in total. The summed E-state index contributed by atoms with van der Waals surface area (Å²) in [5.41, 5.74) is 1.77. The zero-order chi connectivity index (χ0) is 16.1. The molecular weight excluding hydrogens is 345 g/mol. The van der Waals surface area contributed by atoms with Crippen LogP contribution < -0.4 is 14.8 Å². The number of nitrogens with one attached hydrogen (secondary N) is 1. The number of methoxy groups -OCH3 is 2. The fourth-order valence-corrected chi connectivity index (χ4v) is 2.81. The molecule has 2 aromatic carbocycles. The predicted octanol–water partition coefficient (Wildman–Crippen LogP) is 4.95. The SMILES string of the molecule is COc1cc(Cl)c(CNCc2c(Cl)cccc2Cl)cc1OC. The Kier molecular flexibility index (Phi) is 6.21. The highest BCUT2D eigenvalue weighted by molar-refractivity contribution is 6.36. The summed E-state index contributed by atoms with van der Waals surface area (Å²) in [6.07, 6.45) is 0. The fraction of sp³-hybridized carbons (Fsp3) is 0.250. The largest absolute Gasteiger partial charge is 0.493 e. The first-order chi connectivity index (χ1) is 10.6. The average molecular weight is 361 g/mol. The van der Waals surface area contributed by atoms with Gasteiger partial charge in [-0.3, -0.25) is 0 Å². The van der Waals surface area contributed by atoms with Gasteiger partial charge in [-0.1, -0.05) is 40.9 Å². The van der Waals surface area contributed by atoms with Crippen LogP contribution in [-0.4, -0.2) is 14.2 Å². The molecule has 2 rings (SSSR count). The average Bonchev–Trinajstić information content (AvgIpc) is 2.51. The van der Waals surface area contributed by atoms with Gasteiger partial charge in [-0.25, -0.2) is 0 Å². The molecule has 118 valence electrons. The topological polar surface area (TPSA) is 30.5 Å². The second-order valence-electron chi connectivity index (χ2n) is 4.60. The minimum Gasteiger partial charge on any atom is -0.493 e. The summed E-state index contributed by atoms with van der Waals surface area (Å²) in [5.74, 6) is 1.24. The molecule has 3 nitrogen and oxygen atoms in total. The summed E-state index contributed by atoms with van der Waals surface area (Å²) < 4.78 is 10.5. The molecule has 2 aromatic rings. The second kappa shape index (κ2) is 7.93. The van der Waals surface area contributed by atoms with Gasteiger partial charge in [0.05, 0.1) is 14.2 Å². The van der Waals surface area contributed by atoms with Crippen LogP contribution in [0.2, 0.25) is 15.1 Å². The van der Waals surface area contributed by atoms with Gasteiger partial charge >= 0.3 is 0 Å². The van der Waals surface area contributed by atoms with Crippen molar-refractivity contribution < 1.29 is 9.47 Å². The van der Waals surface area contributed by atoms with E-state index in [1.807, 2.05) is 24.3 Å². The minimum absolute atomic E-state index is 0.545. The van der Waals surface area contributed by atoms with Gasteiger partial charge in [0.25, 0.3) is 0 Å². The maximum Gasteiger partial charge on any atom is 0.162 e. The van der Waals surface area contributed by atoms with Crippen molar-refractivity contribution in [1.82, 2.24) is 5.32 Å². The molecule has 0 amide bonds. The van der Waals surface area contributed by atoms with Crippen LogP contribution in [0.25, 0.3) is 0 Å². The van der Waals surface area contributed by atoms with Gasteiger partial charge in [0, 0.05) is 39.8 Å². The molecule has 0 aliphatic carbocycles. The molecule has 0 saturated carbocycles.